The highest BCUT2D eigenvalue weighted by Gasteiger charge is 2.45. The molecule has 5 aromatic heterocycles. The number of para-hydroxylation sites is 1. The summed E-state index contributed by atoms with van der Waals surface area (Å²) in [6.45, 7) is 0. The van der Waals surface area contributed by atoms with Gasteiger partial charge in [0.05, 0.1) is 39.0 Å². The third kappa shape index (κ3) is 4.83. The van der Waals surface area contributed by atoms with Gasteiger partial charge in [-0.3, -0.25) is 14.0 Å². The van der Waals surface area contributed by atoms with Crippen molar-refractivity contribution < 1.29 is 4.74 Å². The van der Waals surface area contributed by atoms with E-state index in [1.807, 2.05) is 42.7 Å². The van der Waals surface area contributed by atoms with Crippen molar-refractivity contribution in [1.29, 1.82) is 0 Å². The molecule has 0 saturated carbocycles. The molecule has 0 N–H and O–H groups in total. The van der Waals surface area contributed by atoms with Crippen molar-refractivity contribution in [1.82, 2.24) is 23.9 Å². The summed E-state index contributed by atoms with van der Waals surface area (Å²) >= 11 is 0. The zero-order chi connectivity index (χ0) is 40.8. The third-order valence-electron chi connectivity index (χ3n) is 12.7. The molecule has 6 nitrogen and oxygen atoms in total. The first-order valence-electron chi connectivity index (χ1n) is 20.9. The minimum Gasteiger partial charge on any atom is -0.457 e. The van der Waals surface area contributed by atoms with Crippen LogP contribution < -0.4 is 4.74 Å². The number of ether oxygens (including phenoxy) is 1. The highest BCUT2D eigenvalue weighted by molar-refractivity contribution is 6.13. The highest BCUT2D eigenvalue weighted by atomic mass is 16.5. The topological polar surface area (TPSA) is 57.2 Å². The molecule has 13 rings (SSSR count). The first kappa shape index (κ1) is 34.5. The minimum absolute atomic E-state index is 0.615. The summed E-state index contributed by atoms with van der Waals surface area (Å²) in [4.78, 5) is 15.4. The van der Waals surface area contributed by atoms with E-state index < -0.39 is 5.41 Å². The molecule has 0 aliphatic carbocycles. The lowest BCUT2D eigenvalue weighted by Gasteiger charge is -2.41. The van der Waals surface area contributed by atoms with Gasteiger partial charge in [-0.15, -0.1) is 0 Å². The second-order valence-corrected chi connectivity index (χ2v) is 16.0. The molecule has 7 aromatic carbocycles. The van der Waals surface area contributed by atoms with Crippen LogP contribution in [-0.2, 0) is 5.41 Å². The van der Waals surface area contributed by atoms with E-state index in [0.29, 0.717) is 5.75 Å². The van der Waals surface area contributed by atoms with Crippen LogP contribution in [0, 0.1) is 0 Å². The second kappa shape index (κ2) is 13.3. The first-order chi connectivity index (χ1) is 30.8. The normalized spacial score (nSPS) is 13.0. The van der Waals surface area contributed by atoms with Crippen molar-refractivity contribution in [2.24, 2.45) is 0 Å². The fraction of sp³-hybridized carbons (Fsp3) is 0.0179. The molecule has 1 aliphatic heterocycles. The Morgan fingerprint density at radius 1 is 0.452 bits per heavy atom. The van der Waals surface area contributed by atoms with E-state index >= 15 is 0 Å². The molecule has 1 aliphatic rings. The van der Waals surface area contributed by atoms with Gasteiger partial charge in [0.15, 0.2) is 0 Å². The molecule has 290 valence electrons. The summed E-state index contributed by atoms with van der Waals surface area (Å²) in [6.07, 6.45) is 3.75. The molecule has 0 unspecified atom stereocenters. The van der Waals surface area contributed by atoms with E-state index in [4.69, 9.17) is 19.7 Å². The molecule has 0 saturated heterocycles. The fourth-order valence-corrected chi connectivity index (χ4v) is 10.2. The van der Waals surface area contributed by atoms with Gasteiger partial charge in [0.1, 0.15) is 22.8 Å². The Labute approximate surface area is 356 Å². The quantitative estimate of drug-likeness (QED) is 0.157. The standard InChI is InChI=1S/C56H35N5O/c1-5-16-36(17-6-1)50-52(37-18-7-2-8-19-37)60-48-27-15-32-57-51(48)42-30-28-40(34-45(42)55(60)59-50)62-41-29-31-46-49(35-41)61-53-43(44-25-14-33-58-54(44)61)24-13-26-47(53)56(46,38-20-9-3-10-21-38)39-22-11-4-12-23-39/h1-35H. The summed E-state index contributed by atoms with van der Waals surface area (Å²) in [5.41, 5.74) is 14.0. The van der Waals surface area contributed by atoms with Crippen LogP contribution in [0.2, 0.25) is 0 Å². The van der Waals surface area contributed by atoms with Crippen molar-refractivity contribution >= 4 is 49.4 Å². The molecule has 0 fully saturated rings. The lowest BCUT2D eigenvalue weighted by atomic mass is 9.63. The van der Waals surface area contributed by atoms with Crippen LogP contribution in [0.15, 0.2) is 213 Å². The van der Waals surface area contributed by atoms with Gasteiger partial charge in [-0.2, -0.15) is 0 Å². The predicted molar refractivity (Wildman–Crippen MR) is 249 cm³/mol. The lowest BCUT2D eigenvalue weighted by molar-refractivity contribution is 0.482. The number of imidazole rings is 1. The highest BCUT2D eigenvalue weighted by Crippen LogP contribution is 2.54. The average Bonchev–Trinajstić information content (AvgIpc) is 3.92. The Morgan fingerprint density at radius 2 is 1.10 bits per heavy atom. The Kier molecular flexibility index (Phi) is 7.42. The average molecular weight is 794 g/mol. The zero-order valence-corrected chi connectivity index (χ0v) is 33.4. The zero-order valence-electron chi connectivity index (χ0n) is 33.4. The van der Waals surface area contributed by atoms with E-state index in [0.717, 1.165) is 83.5 Å². The first-order valence-corrected chi connectivity index (χ1v) is 20.9. The fourth-order valence-electron chi connectivity index (χ4n) is 10.2. The van der Waals surface area contributed by atoms with Crippen LogP contribution in [0.4, 0.5) is 0 Å². The van der Waals surface area contributed by atoms with E-state index in [2.05, 4.69) is 179 Å². The van der Waals surface area contributed by atoms with E-state index in [1.54, 1.807) is 0 Å². The smallest absolute Gasteiger partial charge is 0.146 e. The lowest BCUT2D eigenvalue weighted by Crippen LogP contribution is -2.35. The van der Waals surface area contributed by atoms with Crippen LogP contribution in [0.5, 0.6) is 11.5 Å². The number of hydrogen-bond donors (Lipinski definition) is 0. The van der Waals surface area contributed by atoms with Gasteiger partial charge in [-0.05, 0) is 70.8 Å². The van der Waals surface area contributed by atoms with Crippen molar-refractivity contribution in [2.75, 3.05) is 0 Å². The number of hydrogen-bond acceptors (Lipinski definition) is 4. The van der Waals surface area contributed by atoms with Crippen LogP contribution in [0.1, 0.15) is 22.3 Å². The summed E-state index contributed by atoms with van der Waals surface area (Å²) < 4.78 is 11.6. The van der Waals surface area contributed by atoms with E-state index in [9.17, 15) is 0 Å². The van der Waals surface area contributed by atoms with E-state index in [-0.39, 0.29) is 0 Å². The van der Waals surface area contributed by atoms with Crippen LogP contribution in [0.3, 0.4) is 0 Å². The largest absolute Gasteiger partial charge is 0.457 e. The number of aromatic nitrogens is 5. The van der Waals surface area contributed by atoms with E-state index in [1.165, 1.54) is 22.1 Å². The third-order valence-corrected chi connectivity index (χ3v) is 12.7. The number of fused-ring (bicyclic) bond motifs is 11. The summed E-state index contributed by atoms with van der Waals surface area (Å²) in [7, 11) is 0. The SMILES string of the molecule is c1ccc(-c2nc3c4cc(Oc5ccc6c(c5)-n5c7ncccc7c7cccc(c75)C6(c5ccccc5)c5ccccc5)ccc4c4ncccc4n3c2-c2ccccc2)cc1. The number of nitrogens with zero attached hydrogens (tertiary/aromatic N) is 5. The molecule has 62 heavy (non-hydrogen) atoms. The molecule has 0 radical (unpaired) electrons. The van der Waals surface area contributed by atoms with Crippen LogP contribution in [0.25, 0.3) is 77.6 Å². The van der Waals surface area contributed by atoms with Gasteiger partial charge in [0.2, 0.25) is 0 Å². The Bertz CT molecular complexity index is 3670. The molecule has 0 amide bonds. The van der Waals surface area contributed by atoms with Crippen molar-refractivity contribution in [3.8, 4) is 39.7 Å². The van der Waals surface area contributed by atoms with Gasteiger partial charge < -0.3 is 4.74 Å². The number of pyridine rings is 3. The van der Waals surface area contributed by atoms with Gasteiger partial charge in [-0.1, -0.05) is 146 Å². The van der Waals surface area contributed by atoms with Crippen molar-refractivity contribution in [3.63, 3.8) is 0 Å². The Morgan fingerprint density at radius 3 is 1.85 bits per heavy atom. The summed E-state index contributed by atoms with van der Waals surface area (Å²) in [5, 5.41) is 4.24. The number of benzene rings is 7. The summed E-state index contributed by atoms with van der Waals surface area (Å²) in [6, 6.07) is 70.6. The molecular weight excluding hydrogens is 759 g/mol. The van der Waals surface area contributed by atoms with Crippen molar-refractivity contribution in [3.05, 3.63) is 235 Å². The van der Waals surface area contributed by atoms with Gasteiger partial charge in [0, 0.05) is 51.1 Å². The molecule has 6 heteroatoms. The molecule has 0 spiro atoms. The molecule has 6 heterocycles. The van der Waals surface area contributed by atoms with Gasteiger partial charge >= 0.3 is 0 Å². The van der Waals surface area contributed by atoms with Crippen LogP contribution >= 0.6 is 0 Å². The van der Waals surface area contributed by atoms with Crippen LogP contribution in [-0.4, -0.2) is 23.9 Å². The molecule has 0 bridgehead atoms. The Balaban J connectivity index is 1.05. The number of rotatable bonds is 6. The predicted octanol–water partition coefficient (Wildman–Crippen LogP) is 13.4. The maximum Gasteiger partial charge on any atom is 0.146 e. The second-order valence-electron chi connectivity index (χ2n) is 16.0. The molecule has 0 atom stereocenters. The Hall–Kier alpha value is -8.35. The maximum absolute atomic E-state index is 6.98. The molecular formula is C56H35N5O. The minimum atomic E-state index is -0.615. The maximum atomic E-state index is 6.98. The monoisotopic (exact) mass is 793 g/mol. The molecule has 12 aromatic rings. The van der Waals surface area contributed by atoms with Crippen molar-refractivity contribution in [2.45, 2.75) is 5.41 Å². The summed E-state index contributed by atoms with van der Waals surface area (Å²) in [5.74, 6) is 1.42. The van der Waals surface area contributed by atoms with Gasteiger partial charge in [0.25, 0.3) is 0 Å². The van der Waals surface area contributed by atoms with Gasteiger partial charge in [-0.25, -0.2) is 9.97 Å².